The molecule has 0 amide bonds. The molecule has 3 aromatic carbocycles. The lowest BCUT2D eigenvalue weighted by molar-refractivity contribution is 0.480. The number of halogens is 1. The fourth-order valence-electron chi connectivity index (χ4n) is 2.12. The summed E-state index contributed by atoms with van der Waals surface area (Å²) in [4.78, 5) is 0. The molecule has 0 aliphatic rings. The minimum Gasteiger partial charge on any atom is -0.456 e. The van der Waals surface area contributed by atoms with E-state index in [-0.39, 0.29) is 5.84 Å². The maximum atomic E-state index is 7.38. The Hall–Kier alpha value is -2.33. The number of hydrogen-bond acceptors (Lipinski definition) is 2. The van der Waals surface area contributed by atoms with Crippen molar-refractivity contribution in [2.24, 2.45) is 5.73 Å². The molecule has 0 aliphatic heterocycles. The van der Waals surface area contributed by atoms with E-state index < -0.39 is 0 Å². The molecular weight excluding hydrogens is 328 g/mol. The predicted octanol–water partition coefficient (Wildman–Crippen LogP) is 4.68. The highest BCUT2D eigenvalue weighted by Gasteiger charge is 2.07. The van der Waals surface area contributed by atoms with E-state index in [1.807, 2.05) is 30.3 Å². The Bertz CT molecular complexity index is 813. The first-order valence-electron chi connectivity index (χ1n) is 6.45. The third kappa shape index (κ3) is 2.76. The van der Waals surface area contributed by atoms with Gasteiger partial charge in [0.25, 0.3) is 0 Å². The average Bonchev–Trinajstić information content (AvgIpc) is 2.51. The highest BCUT2D eigenvalue weighted by Crippen LogP contribution is 2.35. The predicted molar refractivity (Wildman–Crippen MR) is 89.2 cm³/mol. The first kappa shape index (κ1) is 13.6. The van der Waals surface area contributed by atoms with Gasteiger partial charge in [-0.25, -0.2) is 0 Å². The number of rotatable bonds is 3. The Morgan fingerprint density at radius 2 is 1.67 bits per heavy atom. The molecule has 0 spiro atoms. The fourth-order valence-corrected chi connectivity index (χ4v) is 2.70. The minimum atomic E-state index is 0.0495. The van der Waals surface area contributed by atoms with E-state index in [0.29, 0.717) is 11.3 Å². The quantitative estimate of drug-likeness (QED) is 0.537. The number of amidine groups is 1. The third-order valence-corrected chi connectivity index (χ3v) is 4.04. The Kier molecular flexibility index (Phi) is 3.62. The lowest BCUT2D eigenvalue weighted by Gasteiger charge is -2.10. The molecule has 3 N–H and O–H groups in total. The highest BCUT2D eigenvalue weighted by atomic mass is 79.9. The first-order chi connectivity index (χ1) is 10.1. The van der Waals surface area contributed by atoms with E-state index in [1.165, 1.54) is 0 Å². The summed E-state index contributed by atoms with van der Waals surface area (Å²) >= 11 is 3.60. The summed E-state index contributed by atoms with van der Waals surface area (Å²) in [5.74, 6) is 1.51. The van der Waals surface area contributed by atoms with Crippen molar-refractivity contribution in [3.05, 3.63) is 70.7 Å². The van der Waals surface area contributed by atoms with Crippen molar-refractivity contribution < 1.29 is 4.74 Å². The molecule has 3 rings (SSSR count). The summed E-state index contributed by atoms with van der Waals surface area (Å²) < 4.78 is 6.82. The molecule has 0 aromatic heterocycles. The summed E-state index contributed by atoms with van der Waals surface area (Å²) in [5.41, 5.74) is 6.12. The van der Waals surface area contributed by atoms with Crippen LogP contribution >= 0.6 is 15.9 Å². The third-order valence-electron chi connectivity index (χ3n) is 3.22. The zero-order valence-corrected chi connectivity index (χ0v) is 12.7. The SMILES string of the molecule is N=C(N)c1ccc(Oc2ccc3ccccc3c2Br)cc1. The van der Waals surface area contributed by atoms with Crippen LogP contribution in [0.25, 0.3) is 10.8 Å². The highest BCUT2D eigenvalue weighted by molar-refractivity contribution is 9.10. The Labute approximate surface area is 131 Å². The molecular formula is C17H13BrN2O. The van der Waals surface area contributed by atoms with Crippen LogP contribution in [0.5, 0.6) is 11.5 Å². The van der Waals surface area contributed by atoms with Crippen molar-refractivity contribution in [3.63, 3.8) is 0 Å². The van der Waals surface area contributed by atoms with Crippen molar-refractivity contribution in [2.45, 2.75) is 0 Å². The lowest BCUT2D eigenvalue weighted by atomic mass is 10.1. The molecule has 3 aromatic rings. The van der Waals surface area contributed by atoms with Crippen molar-refractivity contribution in [2.75, 3.05) is 0 Å². The van der Waals surface area contributed by atoms with Gasteiger partial charge in [-0.2, -0.15) is 0 Å². The molecule has 0 bridgehead atoms. The van der Waals surface area contributed by atoms with E-state index in [2.05, 4.69) is 22.0 Å². The van der Waals surface area contributed by atoms with Crippen molar-refractivity contribution in [1.29, 1.82) is 5.41 Å². The molecule has 21 heavy (non-hydrogen) atoms. The second-order valence-electron chi connectivity index (χ2n) is 4.64. The van der Waals surface area contributed by atoms with Crippen LogP contribution in [0.2, 0.25) is 0 Å². The lowest BCUT2D eigenvalue weighted by Crippen LogP contribution is -2.10. The monoisotopic (exact) mass is 340 g/mol. The van der Waals surface area contributed by atoms with E-state index in [0.717, 1.165) is 21.0 Å². The summed E-state index contributed by atoms with van der Waals surface area (Å²) in [6, 6.07) is 19.2. The topological polar surface area (TPSA) is 59.1 Å². The maximum absolute atomic E-state index is 7.38. The van der Waals surface area contributed by atoms with Crippen LogP contribution in [0.3, 0.4) is 0 Å². The average molecular weight is 341 g/mol. The van der Waals surface area contributed by atoms with Gasteiger partial charge in [-0.3, -0.25) is 5.41 Å². The molecule has 0 heterocycles. The van der Waals surface area contributed by atoms with Gasteiger partial charge in [-0.05, 0) is 57.0 Å². The van der Waals surface area contributed by atoms with Gasteiger partial charge in [0.15, 0.2) is 0 Å². The standard InChI is InChI=1S/C17H13BrN2O/c18-16-14-4-2-1-3-11(14)7-10-15(16)21-13-8-5-12(6-9-13)17(19)20/h1-10H,(H3,19,20). The van der Waals surface area contributed by atoms with Crippen LogP contribution in [0.15, 0.2) is 65.1 Å². The summed E-state index contributed by atoms with van der Waals surface area (Å²) in [6.45, 7) is 0. The molecule has 104 valence electrons. The molecule has 0 fully saturated rings. The normalized spacial score (nSPS) is 10.5. The number of nitrogens with one attached hydrogen (secondary N) is 1. The first-order valence-corrected chi connectivity index (χ1v) is 7.24. The zero-order chi connectivity index (χ0) is 14.8. The molecule has 0 unspecified atom stereocenters. The molecule has 0 saturated heterocycles. The number of nitrogens with two attached hydrogens (primary N) is 1. The number of hydrogen-bond donors (Lipinski definition) is 2. The van der Waals surface area contributed by atoms with Gasteiger partial charge in [-0.15, -0.1) is 0 Å². The van der Waals surface area contributed by atoms with Crippen LogP contribution < -0.4 is 10.5 Å². The van der Waals surface area contributed by atoms with Crippen LogP contribution in [-0.4, -0.2) is 5.84 Å². The van der Waals surface area contributed by atoms with E-state index >= 15 is 0 Å². The molecule has 0 radical (unpaired) electrons. The van der Waals surface area contributed by atoms with E-state index in [1.54, 1.807) is 24.3 Å². The Balaban J connectivity index is 1.94. The minimum absolute atomic E-state index is 0.0495. The summed E-state index contributed by atoms with van der Waals surface area (Å²) in [5, 5.41) is 9.64. The van der Waals surface area contributed by atoms with Gasteiger partial charge >= 0.3 is 0 Å². The molecule has 0 aliphatic carbocycles. The number of ether oxygens (including phenoxy) is 1. The molecule has 4 heteroatoms. The Morgan fingerprint density at radius 3 is 2.38 bits per heavy atom. The van der Waals surface area contributed by atoms with Gasteiger partial charge in [0.1, 0.15) is 17.3 Å². The molecule has 0 atom stereocenters. The number of fused-ring (bicyclic) bond motifs is 1. The van der Waals surface area contributed by atoms with E-state index in [4.69, 9.17) is 15.9 Å². The van der Waals surface area contributed by atoms with Gasteiger partial charge < -0.3 is 10.5 Å². The second kappa shape index (κ2) is 5.58. The number of benzene rings is 3. The summed E-state index contributed by atoms with van der Waals surface area (Å²) in [6.07, 6.45) is 0. The largest absolute Gasteiger partial charge is 0.456 e. The molecule has 0 saturated carbocycles. The van der Waals surface area contributed by atoms with Crippen LogP contribution in [0.4, 0.5) is 0 Å². The smallest absolute Gasteiger partial charge is 0.142 e. The van der Waals surface area contributed by atoms with Crippen molar-refractivity contribution >= 4 is 32.5 Å². The van der Waals surface area contributed by atoms with E-state index in [9.17, 15) is 0 Å². The number of nitrogen functional groups attached to an aromatic ring is 1. The summed E-state index contributed by atoms with van der Waals surface area (Å²) in [7, 11) is 0. The Morgan fingerprint density at radius 1 is 0.952 bits per heavy atom. The molecule has 3 nitrogen and oxygen atoms in total. The van der Waals surface area contributed by atoms with Crippen molar-refractivity contribution in [3.8, 4) is 11.5 Å². The van der Waals surface area contributed by atoms with Crippen LogP contribution in [0.1, 0.15) is 5.56 Å². The second-order valence-corrected chi connectivity index (χ2v) is 5.43. The van der Waals surface area contributed by atoms with Gasteiger partial charge in [0, 0.05) is 5.56 Å². The fraction of sp³-hybridized carbons (Fsp3) is 0. The van der Waals surface area contributed by atoms with Crippen LogP contribution in [-0.2, 0) is 0 Å². The van der Waals surface area contributed by atoms with Gasteiger partial charge in [-0.1, -0.05) is 30.3 Å². The van der Waals surface area contributed by atoms with Gasteiger partial charge in [0.2, 0.25) is 0 Å². The maximum Gasteiger partial charge on any atom is 0.142 e. The zero-order valence-electron chi connectivity index (χ0n) is 11.1. The van der Waals surface area contributed by atoms with Gasteiger partial charge in [0.05, 0.1) is 4.47 Å². The van der Waals surface area contributed by atoms with Crippen LogP contribution in [0, 0.1) is 5.41 Å². The van der Waals surface area contributed by atoms with Crippen molar-refractivity contribution in [1.82, 2.24) is 0 Å².